The third-order valence-electron chi connectivity index (χ3n) is 3.27. The quantitative estimate of drug-likeness (QED) is 0.821. The summed E-state index contributed by atoms with van der Waals surface area (Å²) in [6, 6.07) is 12.0. The number of aromatic nitrogens is 1. The topological polar surface area (TPSA) is 51.4 Å². The van der Waals surface area contributed by atoms with Crippen molar-refractivity contribution >= 4 is 5.69 Å². The molecule has 0 fully saturated rings. The molecule has 2 N–H and O–H groups in total. The van der Waals surface area contributed by atoms with E-state index in [9.17, 15) is 0 Å². The highest BCUT2D eigenvalue weighted by molar-refractivity contribution is 5.39. The van der Waals surface area contributed by atoms with Gasteiger partial charge in [-0.2, -0.15) is 0 Å². The van der Waals surface area contributed by atoms with Gasteiger partial charge in [0.05, 0.1) is 7.11 Å². The molecule has 106 valence electrons. The lowest BCUT2D eigenvalue weighted by atomic mass is 10.1. The minimum Gasteiger partial charge on any atom is -0.481 e. The Balaban J connectivity index is 2.07. The molecule has 20 heavy (non-hydrogen) atoms. The Hall–Kier alpha value is -2.07. The first-order valence-corrected chi connectivity index (χ1v) is 6.77. The first kappa shape index (κ1) is 14.3. The molecule has 1 heterocycles. The van der Waals surface area contributed by atoms with Crippen molar-refractivity contribution in [3.05, 3.63) is 53.7 Å². The molecule has 0 aliphatic rings. The van der Waals surface area contributed by atoms with Crippen LogP contribution in [0.25, 0.3) is 0 Å². The molecule has 1 aromatic carbocycles. The Bertz CT molecular complexity index is 540. The van der Waals surface area contributed by atoms with Crippen molar-refractivity contribution in [1.82, 2.24) is 9.88 Å². The van der Waals surface area contributed by atoms with Crippen LogP contribution < -0.4 is 10.5 Å². The molecule has 4 nitrogen and oxygen atoms in total. The molecule has 0 aliphatic heterocycles. The zero-order valence-electron chi connectivity index (χ0n) is 12.0. The first-order valence-electron chi connectivity index (χ1n) is 6.77. The Morgan fingerprint density at radius 2 is 1.90 bits per heavy atom. The summed E-state index contributed by atoms with van der Waals surface area (Å²) >= 11 is 0. The molecule has 0 spiro atoms. The number of hydrogen-bond acceptors (Lipinski definition) is 4. The maximum absolute atomic E-state index is 5.71. The summed E-state index contributed by atoms with van der Waals surface area (Å²) in [6.45, 7) is 4.81. The van der Waals surface area contributed by atoms with Crippen molar-refractivity contribution in [3.8, 4) is 5.88 Å². The second-order valence-corrected chi connectivity index (χ2v) is 4.72. The predicted molar refractivity (Wildman–Crippen MR) is 81.4 cm³/mol. The monoisotopic (exact) mass is 271 g/mol. The molecule has 0 saturated carbocycles. The third-order valence-corrected chi connectivity index (χ3v) is 3.27. The number of hydrogen-bond donors (Lipinski definition) is 1. The van der Waals surface area contributed by atoms with Crippen LogP contribution >= 0.6 is 0 Å². The normalized spacial score (nSPS) is 10.8. The van der Waals surface area contributed by atoms with Gasteiger partial charge in [-0.1, -0.05) is 25.1 Å². The van der Waals surface area contributed by atoms with Crippen molar-refractivity contribution in [1.29, 1.82) is 0 Å². The molecule has 1 aromatic heterocycles. The van der Waals surface area contributed by atoms with Gasteiger partial charge >= 0.3 is 0 Å². The molecule has 4 heteroatoms. The molecule has 0 saturated heterocycles. The summed E-state index contributed by atoms with van der Waals surface area (Å²) in [5, 5.41) is 0. The van der Waals surface area contributed by atoms with E-state index in [0.717, 1.165) is 30.9 Å². The Morgan fingerprint density at radius 1 is 1.15 bits per heavy atom. The minimum atomic E-state index is 0.697. The van der Waals surface area contributed by atoms with Crippen LogP contribution in [0.4, 0.5) is 5.69 Å². The molecule has 2 aromatic rings. The van der Waals surface area contributed by atoms with Crippen LogP contribution in [-0.2, 0) is 13.1 Å². The smallest absolute Gasteiger partial charge is 0.217 e. The maximum atomic E-state index is 5.71. The number of anilines is 1. The molecule has 2 rings (SSSR count). The van der Waals surface area contributed by atoms with Gasteiger partial charge in [0.2, 0.25) is 5.88 Å². The molecular formula is C16H21N3O. The van der Waals surface area contributed by atoms with Crippen molar-refractivity contribution in [3.63, 3.8) is 0 Å². The van der Waals surface area contributed by atoms with E-state index in [2.05, 4.69) is 35.0 Å². The van der Waals surface area contributed by atoms with Crippen LogP contribution in [0.2, 0.25) is 0 Å². The SMILES string of the molecule is CCN(Cc1ccc(N)cc1)Cc1cccnc1OC. The fourth-order valence-electron chi connectivity index (χ4n) is 2.13. The number of pyridine rings is 1. The lowest BCUT2D eigenvalue weighted by Gasteiger charge is -2.21. The summed E-state index contributed by atoms with van der Waals surface area (Å²) in [7, 11) is 1.65. The second-order valence-electron chi connectivity index (χ2n) is 4.72. The van der Waals surface area contributed by atoms with Crippen molar-refractivity contribution in [2.24, 2.45) is 0 Å². The van der Waals surface area contributed by atoms with Gasteiger partial charge in [0.15, 0.2) is 0 Å². The van der Waals surface area contributed by atoms with E-state index in [1.165, 1.54) is 5.56 Å². The summed E-state index contributed by atoms with van der Waals surface area (Å²) in [5.41, 5.74) is 8.87. The summed E-state index contributed by atoms with van der Waals surface area (Å²) < 4.78 is 5.30. The van der Waals surface area contributed by atoms with E-state index in [-0.39, 0.29) is 0 Å². The Kier molecular flexibility index (Phi) is 4.96. The number of methoxy groups -OCH3 is 1. The highest BCUT2D eigenvalue weighted by atomic mass is 16.5. The van der Waals surface area contributed by atoms with E-state index >= 15 is 0 Å². The molecule has 0 bridgehead atoms. The van der Waals surface area contributed by atoms with Crippen LogP contribution in [0.5, 0.6) is 5.88 Å². The maximum Gasteiger partial charge on any atom is 0.217 e. The third kappa shape index (κ3) is 3.71. The number of nitrogen functional groups attached to an aromatic ring is 1. The van der Waals surface area contributed by atoms with Gasteiger partial charge in [-0.05, 0) is 30.3 Å². The number of benzene rings is 1. The second kappa shape index (κ2) is 6.91. The summed E-state index contributed by atoms with van der Waals surface area (Å²) in [6.07, 6.45) is 1.75. The number of nitrogens with two attached hydrogens (primary N) is 1. The molecule has 0 radical (unpaired) electrons. The van der Waals surface area contributed by atoms with Gasteiger partial charge < -0.3 is 10.5 Å². The van der Waals surface area contributed by atoms with E-state index in [4.69, 9.17) is 10.5 Å². The van der Waals surface area contributed by atoms with Gasteiger partial charge in [0, 0.05) is 30.5 Å². The molecule has 0 aliphatic carbocycles. The fraction of sp³-hybridized carbons (Fsp3) is 0.312. The lowest BCUT2D eigenvalue weighted by molar-refractivity contribution is 0.265. The largest absolute Gasteiger partial charge is 0.481 e. The van der Waals surface area contributed by atoms with E-state index < -0.39 is 0 Å². The van der Waals surface area contributed by atoms with Gasteiger partial charge in [-0.15, -0.1) is 0 Å². The van der Waals surface area contributed by atoms with Crippen LogP contribution in [0.1, 0.15) is 18.1 Å². The van der Waals surface area contributed by atoms with Gasteiger partial charge in [-0.3, -0.25) is 4.90 Å². The first-order chi connectivity index (χ1) is 9.72. The summed E-state index contributed by atoms with van der Waals surface area (Å²) in [4.78, 5) is 6.58. The van der Waals surface area contributed by atoms with Crippen LogP contribution in [0, 0.1) is 0 Å². The molecule has 0 unspecified atom stereocenters. The number of ether oxygens (including phenoxy) is 1. The van der Waals surface area contributed by atoms with E-state index in [0.29, 0.717) is 5.88 Å². The van der Waals surface area contributed by atoms with Crippen molar-refractivity contribution in [2.45, 2.75) is 20.0 Å². The van der Waals surface area contributed by atoms with Gasteiger partial charge in [-0.25, -0.2) is 4.98 Å². The lowest BCUT2D eigenvalue weighted by Crippen LogP contribution is -2.22. The predicted octanol–water partition coefficient (Wildman–Crippen LogP) is 2.69. The average Bonchev–Trinajstić information content (AvgIpc) is 2.49. The van der Waals surface area contributed by atoms with Crippen molar-refractivity contribution in [2.75, 3.05) is 19.4 Å². The average molecular weight is 271 g/mol. The highest BCUT2D eigenvalue weighted by Gasteiger charge is 2.09. The van der Waals surface area contributed by atoms with Gasteiger partial charge in [0.25, 0.3) is 0 Å². The standard InChI is InChI=1S/C16H21N3O/c1-3-19(11-13-6-8-15(17)9-7-13)12-14-5-4-10-18-16(14)20-2/h4-10H,3,11-12,17H2,1-2H3. The molecular weight excluding hydrogens is 250 g/mol. The minimum absolute atomic E-state index is 0.697. The number of nitrogens with zero attached hydrogens (tertiary/aromatic N) is 2. The van der Waals surface area contributed by atoms with Crippen LogP contribution in [-0.4, -0.2) is 23.5 Å². The van der Waals surface area contributed by atoms with Gasteiger partial charge in [0.1, 0.15) is 0 Å². The molecule has 0 amide bonds. The highest BCUT2D eigenvalue weighted by Crippen LogP contribution is 2.17. The zero-order valence-corrected chi connectivity index (χ0v) is 12.0. The van der Waals surface area contributed by atoms with E-state index in [1.807, 2.05) is 18.2 Å². The van der Waals surface area contributed by atoms with Crippen LogP contribution in [0.15, 0.2) is 42.6 Å². The Labute approximate surface area is 120 Å². The fourth-order valence-corrected chi connectivity index (χ4v) is 2.13. The van der Waals surface area contributed by atoms with Crippen LogP contribution in [0.3, 0.4) is 0 Å². The number of rotatable bonds is 6. The zero-order chi connectivity index (χ0) is 14.4. The Morgan fingerprint density at radius 3 is 2.55 bits per heavy atom. The van der Waals surface area contributed by atoms with E-state index in [1.54, 1.807) is 13.3 Å². The molecule has 0 atom stereocenters. The summed E-state index contributed by atoms with van der Waals surface area (Å²) in [5.74, 6) is 0.697. The van der Waals surface area contributed by atoms with Crippen molar-refractivity contribution < 1.29 is 4.74 Å².